The van der Waals surface area contributed by atoms with Crippen LogP contribution < -0.4 is 4.90 Å². The van der Waals surface area contributed by atoms with Gasteiger partial charge in [-0.1, -0.05) is 18.2 Å². The molecule has 17 heavy (non-hydrogen) atoms. The van der Waals surface area contributed by atoms with Crippen molar-refractivity contribution in [1.29, 1.82) is 0 Å². The zero-order valence-electron chi connectivity index (χ0n) is 9.35. The molecule has 0 bridgehead atoms. The van der Waals surface area contributed by atoms with Crippen molar-refractivity contribution in [1.82, 2.24) is 0 Å². The molecule has 0 heterocycles. The van der Waals surface area contributed by atoms with Crippen molar-refractivity contribution in [2.24, 2.45) is 0 Å². The van der Waals surface area contributed by atoms with E-state index >= 15 is 0 Å². The first-order valence-corrected chi connectivity index (χ1v) is 5.71. The lowest BCUT2D eigenvalue weighted by atomic mass is 10.1. The summed E-state index contributed by atoms with van der Waals surface area (Å²) in [6, 6.07) is 10.7. The Morgan fingerprint density at radius 3 is 2.82 bits per heavy atom. The van der Waals surface area contributed by atoms with Crippen molar-refractivity contribution >= 4 is 34.0 Å². The zero-order chi connectivity index (χ0) is 12.4. The number of nitrogens with zero attached hydrogens (tertiary/aromatic N) is 1. The number of halogens is 1. The molecule has 2 aromatic carbocycles. The van der Waals surface area contributed by atoms with Crippen LogP contribution in [0.5, 0.6) is 5.75 Å². The summed E-state index contributed by atoms with van der Waals surface area (Å²) in [5.41, 5.74) is 0.740. The summed E-state index contributed by atoms with van der Waals surface area (Å²) in [5, 5.41) is 11.3. The van der Waals surface area contributed by atoms with Crippen molar-refractivity contribution in [3.05, 3.63) is 36.4 Å². The van der Waals surface area contributed by atoms with E-state index in [9.17, 15) is 9.90 Å². The van der Waals surface area contributed by atoms with Crippen molar-refractivity contribution in [2.75, 3.05) is 17.8 Å². The van der Waals surface area contributed by atoms with Gasteiger partial charge in [-0.25, -0.2) is 0 Å². The number of rotatable bonds is 2. The molecule has 0 atom stereocenters. The fourth-order valence-electron chi connectivity index (χ4n) is 1.76. The first-order valence-electron chi connectivity index (χ1n) is 5.18. The minimum absolute atomic E-state index is 0.0638. The Bertz CT molecular complexity index is 568. The summed E-state index contributed by atoms with van der Waals surface area (Å²) in [5.74, 6) is -0.0645. The van der Waals surface area contributed by atoms with Crippen LogP contribution in [0.3, 0.4) is 0 Å². The second-order valence-electron chi connectivity index (χ2n) is 3.77. The third-order valence-electron chi connectivity index (χ3n) is 2.69. The van der Waals surface area contributed by atoms with Gasteiger partial charge in [0.05, 0.1) is 5.69 Å². The number of carbonyl (C=O) groups is 1. The molecule has 0 spiro atoms. The molecule has 1 amide bonds. The number of carbonyl (C=O) groups excluding carboxylic acids is 1. The number of phenols is 1. The topological polar surface area (TPSA) is 40.5 Å². The van der Waals surface area contributed by atoms with Gasteiger partial charge in [-0.2, -0.15) is 0 Å². The quantitative estimate of drug-likeness (QED) is 0.832. The Morgan fingerprint density at radius 1 is 1.35 bits per heavy atom. The summed E-state index contributed by atoms with van der Waals surface area (Å²) in [7, 11) is 1.67. The van der Waals surface area contributed by atoms with Crippen LogP contribution >= 0.6 is 11.6 Å². The van der Waals surface area contributed by atoms with Crippen LogP contribution in [0.15, 0.2) is 36.4 Å². The smallest absolute Gasteiger partial charge is 0.241 e. The van der Waals surface area contributed by atoms with Gasteiger partial charge in [0, 0.05) is 12.4 Å². The summed E-state index contributed by atoms with van der Waals surface area (Å²) < 4.78 is 0. The maximum absolute atomic E-state index is 11.6. The lowest BCUT2D eigenvalue weighted by molar-refractivity contribution is -0.116. The van der Waals surface area contributed by atoms with Gasteiger partial charge in [0.25, 0.3) is 0 Å². The number of fused-ring (bicyclic) bond motifs is 1. The van der Waals surface area contributed by atoms with Crippen LogP contribution in [0.4, 0.5) is 5.69 Å². The summed E-state index contributed by atoms with van der Waals surface area (Å²) in [4.78, 5) is 13.1. The molecule has 88 valence electrons. The molecule has 0 aromatic heterocycles. The van der Waals surface area contributed by atoms with Crippen molar-refractivity contribution < 1.29 is 9.90 Å². The molecule has 2 aromatic rings. The minimum atomic E-state index is -0.178. The average molecular weight is 250 g/mol. The highest BCUT2D eigenvalue weighted by atomic mass is 35.5. The first kappa shape index (κ1) is 11.7. The molecule has 0 saturated carbocycles. The van der Waals surface area contributed by atoms with Crippen molar-refractivity contribution in [3.63, 3.8) is 0 Å². The number of hydrogen-bond donors (Lipinski definition) is 1. The van der Waals surface area contributed by atoms with E-state index in [4.69, 9.17) is 11.6 Å². The fraction of sp³-hybridized carbons (Fsp3) is 0.154. The van der Waals surface area contributed by atoms with Crippen LogP contribution in [0.25, 0.3) is 10.8 Å². The number of phenolic OH excluding ortho intramolecular Hbond substituents is 1. The van der Waals surface area contributed by atoms with Gasteiger partial charge in [-0.15, -0.1) is 11.6 Å². The summed E-state index contributed by atoms with van der Waals surface area (Å²) in [6.45, 7) is 0. The molecule has 3 nitrogen and oxygen atoms in total. The van der Waals surface area contributed by atoms with Crippen LogP contribution in [0.1, 0.15) is 0 Å². The zero-order valence-corrected chi connectivity index (χ0v) is 10.1. The highest BCUT2D eigenvalue weighted by molar-refractivity contribution is 6.29. The average Bonchev–Trinajstić information content (AvgIpc) is 2.36. The predicted molar refractivity (Wildman–Crippen MR) is 69.7 cm³/mol. The van der Waals surface area contributed by atoms with Crippen molar-refractivity contribution in [2.45, 2.75) is 0 Å². The van der Waals surface area contributed by atoms with E-state index in [0.717, 1.165) is 16.5 Å². The number of alkyl halides is 1. The van der Waals surface area contributed by atoms with Crippen LogP contribution in [-0.2, 0) is 4.79 Å². The second kappa shape index (κ2) is 4.63. The first-order chi connectivity index (χ1) is 8.13. The normalized spacial score (nSPS) is 10.5. The predicted octanol–water partition coefficient (Wildman–Crippen LogP) is 2.75. The largest absolute Gasteiger partial charge is 0.508 e. The van der Waals surface area contributed by atoms with E-state index in [1.165, 1.54) is 4.90 Å². The maximum atomic E-state index is 11.6. The van der Waals surface area contributed by atoms with Gasteiger partial charge < -0.3 is 10.0 Å². The number of aromatic hydroxyl groups is 1. The van der Waals surface area contributed by atoms with Gasteiger partial charge in [0.15, 0.2) is 0 Å². The lowest BCUT2D eigenvalue weighted by Crippen LogP contribution is -2.27. The van der Waals surface area contributed by atoms with E-state index in [0.29, 0.717) is 0 Å². The monoisotopic (exact) mass is 249 g/mol. The van der Waals surface area contributed by atoms with Gasteiger partial charge in [0.1, 0.15) is 11.6 Å². The second-order valence-corrected chi connectivity index (χ2v) is 4.04. The maximum Gasteiger partial charge on any atom is 0.241 e. The molecule has 0 aliphatic rings. The molecule has 0 aliphatic heterocycles. The number of amides is 1. The summed E-state index contributed by atoms with van der Waals surface area (Å²) >= 11 is 5.54. The fourth-order valence-corrected chi connectivity index (χ4v) is 1.94. The Labute approximate surface area is 104 Å². The standard InChI is InChI=1S/C13H12ClNO2/c1-15(13(17)8-14)12-4-2-3-9-5-6-10(16)7-11(9)12/h2-7,16H,8H2,1H3. The van der Waals surface area contributed by atoms with Crippen LogP contribution in [-0.4, -0.2) is 23.9 Å². The van der Waals surface area contributed by atoms with E-state index in [2.05, 4.69) is 0 Å². The van der Waals surface area contributed by atoms with Gasteiger partial charge >= 0.3 is 0 Å². The van der Waals surface area contributed by atoms with E-state index in [1.54, 1.807) is 19.2 Å². The van der Waals surface area contributed by atoms with Crippen LogP contribution in [0, 0.1) is 0 Å². The Balaban J connectivity index is 2.60. The molecular weight excluding hydrogens is 238 g/mol. The molecule has 1 N–H and O–H groups in total. The Hall–Kier alpha value is -1.74. The van der Waals surface area contributed by atoms with Gasteiger partial charge in [-0.3, -0.25) is 4.79 Å². The Kier molecular flexibility index (Phi) is 3.20. The highest BCUT2D eigenvalue weighted by Gasteiger charge is 2.12. The molecule has 0 aliphatic carbocycles. The molecule has 0 unspecified atom stereocenters. The third-order valence-corrected chi connectivity index (χ3v) is 2.92. The molecule has 0 saturated heterocycles. The van der Waals surface area contributed by atoms with E-state index in [1.807, 2.05) is 24.3 Å². The molecule has 4 heteroatoms. The molecule has 2 rings (SSSR count). The number of benzene rings is 2. The van der Waals surface area contributed by atoms with Crippen LogP contribution in [0.2, 0.25) is 0 Å². The lowest BCUT2D eigenvalue weighted by Gasteiger charge is -2.18. The third kappa shape index (κ3) is 2.19. The Morgan fingerprint density at radius 2 is 2.12 bits per heavy atom. The molecular formula is C13H12ClNO2. The number of hydrogen-bond acceptors (Lipinski definition) is 2. The molecule has 0 radical (unpaired) electrons. The minimum Gasteiger partial charge on any atom is -0.508 e. The van der Waals surface area contributed by atoms with Crippen molar-refractivity contribution in [3.8, 4) is 5.75 Å². The van der Waals surface area contributed by atoms with Gasteiger partial charge in [-0.05, 0) is 23.6 Å². The highest BCUT2D eigenvalue weighted by Crippen LogP contribution is 2.29. The SMILES string of the molecule is CN(C(=O)CCl)c1cccc2ccc(O)cc12. The van der Waals surface area contributed by atoms with E-state index < -0.39 is 0 Å². The van der Waals surface area contributed by atoms with E-state index in [-0.39, 0.29) is 17.5 Å². The van der Waals surface area contributed by atoms with Gasteiger partial charge in [0.2, 0.25) is 5.91 Å². The summed E-state index contributed by atoms with van der Waals surface area (Å²) in [6.07, 6.45) is 0. The molecule has 0 fully saturated rings. The number of anilines is 1.